The third kappa shape index (κ3) is 4.24. The van der Waals surface area contributed by atoms with E-state index in [9.17, 15) is 14.9 Å². The van der Waals surface area contributed by atoms with E-state index in [-0.39, 0.29) is 23.2 Å². The highest BCUT2D eigenvalue weighted by molar-refractivity contribution is 6.30. The number of aromatic nitrogens is 3. The van der Waals surface area contributed by atoms with Crippen LogP contribution in [0.25, 0.3) is 5.70 Å². The number of nitro benzene ring substituents is 1. The van der Waals surface area contributed by atoms with E-state index in [2.05, 4.69) is 20.7 Å². The predicted octanol–water partition coefficient (Wildman–Crippen LogP) is 5.15. The number of non-ortho nitro benzene ring substituents is 1. The number of nitrogens with zero attached hydrogens (tertiary/aromatic N) is 4. The predicted molar refractivity (Wildman–Crippen MR) is 129 cm³/mol. The number of fused-ring (bicyclic) bond motifs is 1. The first-order chi connectivity index (χ1) is 16.5. The molecule has 1 amide bonds. The average Bonchev–Trinajstić information content (AvgIpc) is 3.26. The summed E-state index contributed by atoms with van der Waals surface area (Å²) in [5.74, 6) is 0.0952. The molecule has 168 valence electrons. The minimum Gasteiger partial charge on any atom is -0.324 e. The number of carbonyl (C=O) groups excluding carboxylic acids is 1. The van der Waals surface area contributed by atoms with Crippen LogP contribution in [0.1, 0.15) is 27.5 Å². The molecule has 2 N–H and O–H groups in total. The van der Waals surface area contributed by atoms with Gasteiger partial charge in [0.05, 0.1) is 4.92 Å². The van der Waals surface area contributed by atoms with Gasteiger partial charge in [0.1, 0.15) is 6.04 Å². The number of halogens is 1. The van der Waals surface area contributed by atoms with Gasteiger partial charge in [-0.2, -0.15) is 4.98 Å². The van der Waals surface area contributed by atoms with Crippen molar-refractivity contribution < 1.29 is 9.72 Å². The number of hydrogen-bond donors (Lipinski definition) is 2. The molecule has 3 aromatic carbocycles. The first-order valence-electron chi connectivity index (χ1n) is 10.3. The number of allylic oxidation sites excluding steroid dienone is 1. The maximum absolute atomic E-state index is 12.7. The lowest BCUT2D eigenvalue weighted by Crippen LogP contribution is -2.20. The molecule has 0 saturated carbocycles. The number of benzene rings is 3. The zero-order valence-electron chi connectivity index (χ0n) is 17.6. The van der Waals surface area contributed by atoms with Crippen LogP contribution in [0.15, 0.2) is 84.9 Å². The molecule has 1 unspecified atom stereocenters. The topological polar surface area (TPSA) is 115 Å². The minimum absolute atomic E-state index is 0.0946. The number of anilines is 2. The lowest BCUT2D eigenvalue weighted by Gasteiger charge is -2.24. The zero-order chi connectivity index (χ0) is 23.7. The van der Waals surface area contributed by atoms with E-state index in [4.69, 9.17) is 11.6 Å². The highest BCUT2D eigenvalue weighted by atomic mass is 35.5. The Labute approximate surface area is 198 Å². The largest absolute Gasteiger partial charge is 0.324 e. The molecule has 0 aliphatic carbocycles. The summed E-state index contributed by atoms with van der Waals surface area (Å²) in [6.07, 6.45) is 2.03. The molecule has 5 rings (SSSR count). The van der Waals surface area contributed by atoms with E-state index in [0.29, 0.717) is 11.0 Å². The van der Waals surface area contributed by atoms with Gasteiger partial charge in [0.15, 0.2) is 0 Å². The first kappa shape index (κ1) is 21.4. The highest BCUT2D eigenvalue weighted by Crippen LogP contribution is 2.33. The minimum atomic E-state index is -0.520. The Bertz CT molecular complexity index is 1400. The van der Waals surface area contributed by atoms with Crippen molar-refractivity contribution in [3.63, 3.8) is 0 Å². The van der Waals surface area contributed by atoms with Gasteiger partial charge in [-0.25, -0.2) is 4.68 Å². The Morgan fingerprint density at radius 3 is 2.41 bits per heavy atom. The standard InChI is InChI=1S/C24H17ClN6O3/c25-18-10-6-15(7-11-18)20-14-21(16-4-2-1-3-5-16)30-24(26-20)28-23(29-30)27-22(32)17-8-12-19(13-9-17)31(33)34/h1-14,21H,(H2,26,27,28,29,32). The third-order valence-corrected chi connectivity index (χ3v) is 5.58. The molecule has 0 bridgehead atoms. The Hall–Kier alpha value is -4.50. The third-order valence-electron chi connectivity index (χ3n) is 5.33. The van der Waals surface area contributed by atoms with Crippen LogP contribution in [0.2, 0.25) is 5.02 Å². The van der Waals surface area contributed by atoms with E-state index in [1.165, 1.54) is 24.3 Å². The molecule has 1 atom stereocenters. The molecule has 1 aliphatic rings. The van der Waals surface area contributed by atoms with Gasteiger partial charge in [-0.1, -0.05) is 54.1 Å². The SMILES string of the molecule is O=C(Nc1nc2n(n1)C(c1ccccc1)C=C(c1ccc(Cl)cc1)N2)c1ccc([N+](=O)[O-])cc1. The first-order valence-corrected chi connectivity index (χ1v) is 10.7. The van der Waals surface area contributed by atoms with E-state index < -0.39 is 10.8 Å². The summed E-state index contributed by atoms with van der Waals surface area (Å²) in [4.78, 5) is 27.4. The van der Waals surface area contributed by atoms with Crippen molar-refractivity contribution in [3.8, 4) is 0 Å². The van der Waals surface area contributed by atoms with Crippen LogP contribution in [0, 0.1) is 10.1 Å². The molecular formula is C24H17ClN6O3. The fourth-order valence-electron chi connectivity index (χ4n) is 3.64. The van der Waals surface area contributed by atoms with Gasteiger partial charge in [-0.3, -0.25) is 20.2 Å². The van der Waals surface area contributed by atoms with E-state index in [0.717, 1.165) is 16.8 Å². The molecule has 1 aliphatic heterocycles. The van der Waals surface area contributed by atoms with Crippen molar-refractivity contribution in [3.05, 3.63) is 117 Å². The van der Waals surface area contributed by atoms with Crippen molar-refractivity contribution in [2.24, 2.45) is 0 Å². The number of hydrogen-bond acceptors (Lipinski definition) is 6. The Balaban J connectivity index is 1.46. The number of amides is 1. The second-order valence-electron chi connectivity index (χ2n) is 7.53. The maximum atomic E-state index is 12.7. The van der Waals surface area contributed by atoms with E-state index in [1.807, 2.05) is 60.7 Å². The second kappa shape index (κ2) is 8.80. The number of carbonyl (C=O) groups is 1. The number of nitrogens with one attached hydrogen (secondary N) is 2. The molecule has 4 aromatic rings. The lowest BCUT2D eigenvalue weighted by atomic mass is 10.0. The van der Waals surface area contributed by atoms with E-state index >= 15 is 0 Å². The molecule has 0 radical (unpaired) electrons. The van der Waals surface area contributed by atoms with Crippen molar-refractivity contribution in [1.82, 2.24) is 14.8 Å². The fraction of sp³-hybridized carbons (Fsp3) is 0.0417. The van der Waals surface area contributed by atoms with Crippen molar-refractivity contribution in [2.45, 2.75) is 6.04 Å². The van der Waals surface area contributed by atoms with Crippen molar-refractivity contribution in [2.75, 3.05) is 10.6 Å². The van der Waals surface area contributed by atoms with Crippen LogP contribution in [-0.2, 0) is 0 Å². The highest BCUT2D eigenvalue weighted by Gasteiger charge is 2.26. The van der Waals surface area contributed by atoms with Crippen LogP contribution in [-0.4, -0.2) is 25.6 Å². The molecule has 0 spiro atoms. The summed E-state index contributed by atoms with van der Waals surface area (Å²) in [6, 6.07) is 22.3. The quantitative estimate of drug-likeness (QED) is 0.306. The summed E-state index contributed by atoms with van der Waals surface area (Å²) in [6.45, 7) is 0. The average molecular weight is 473 g/mol. The molecule has 0 saturated heterocycles. The summed E-state index contributed by atoms with van der Waals surface area (Å²) in [5.41, 5.74) is 2.92. The van der Waals surface area contributed by atoms with Crippen LogP contribution in [0.4, 0.5) is 17.6 Å². The molecule has 9 nitrogen and oxygen atoms in total. The summed E-state index contributed by atoms with van der Waals surface area (Å²) >= 11 is 6.04. The molecule has 10 heteroatoms. The lowest BCUT2D eigenvalue weighted by molar-refractivity contribution is -0.384. The van der Waals surface area contributed by atoms with Crippen molar-refractivity contribution in [1.29, 1.82) is 0 Å². The van der Waals surface area contributed by atoms with Gasteiger partial charge in [0.2, 0.25) is 5.95 Å². The smallest absolute Gasteiger partial charge is 0.269 e. The van der Waals surface area contributed by atoms with Gasteiger partial charge < -0.3 is 5.32 Å². The van der Waals surface area contributed by atoms with Crippen molar-refractivity contribution >= 4 is 40.8 Å². The zero-order valence-corrected chi connectivity index (χ0v) is 18.3. The molecule has 34 heavy (non-hydrogen) atoms. The van der Waals surface area contributed by atoms with Crippen LogP contribution < -0.4 is 10.6 Å². The van der Waals surface area contributed by atoms with Gasteiger partial charge in [0, 0.05) is 28.4 Å². The number of rotatable bonds is 5. The fourth-order valence-corrected chi connectivity index (χ4v) is 3.77. The van der Waals surface area contributed by atoms with Gasteiger partial charge in [-0.15, -0.1) is 5.10 Å². The molecule has 1 aromatic heterocycles. The van der Waals surface area contributed by atoms with Gasteiger partial charge in [-0.05, 0) is 41.5 Å². The Morgan fingerprint density at radius 2 is 1.74 bits per heavy atom. The maximum Gasteiger partial charge on any atom is 0.269 e. The monoisotopic (exact) mass is 472 g/mol. The summed E-state index contributed by atoms with van der Waals surface area (Å²) in [5, 5.41) is 21.9. The molecule has 2 heterocycles. The summed E-state index contributed by atoms with van der Waals surface area (Å²) < 4.78 is 1.69. The van der Waals surface area contributed by atoms with E-state index in [1.54, 1.807) is 4.68 Å². The molecule has 0 fully saturated rings. The van der Waals surface area contributed by atoms with Gasteiger partial charge in [0.25, 0.3) is 17.5 Å². The van der Waals surface area contributed by atoms with Crippen LogP contribution >= 0.6 is 11.6 Å². The second-order valence-corrected chi connectivity index (χ2v) is 7.97. The Morgan fingerprint density at radius 1 is 1.03 bits per heavy atom. The Kier molecular flexibility index (Phi) is 5.52. The normalized spacial score (nSPS) is 14.5. The summed E-state index contributed by atoms with van der Waals surface area (Å²) in [7, 11) is 0. The van der Waals surface area contributed by atoms with Gasteiger partial charge >= 0.3 is 0 Å². The van der Waals surface area contributed by atoms with Crippen LogP contribution in [0.3, 0.4) is 0 Å². The molecular weight excluding hydrogens is 456 g/mol. The van der Waals surface area contributed by atoms with Crippen LogP contribution in [0.5, 0.6) is 0 Å². The number of nitro groups is 1.